The molecule has 0 spiro atoms. The molecule has 0 heterocycles. The Morgan fingerprint density at radius 3 is 2.85 bits per heavy atom. The number of nitrogen functional groups attached to an aromatic ring is 1. The Morgan fingerprint density at radius 2 is 2.23 bits per heavy atom. The summed E-state index contributed by atoms with van der Waals surface area (Å²) >= 11 is 0. The smallest absolute Gasteiger partial charge is 0.142 e. The maximum absolute atomic E-state index is 10.1. The maximum atomic E-state index is 10.1. The summed E-state index contributed by atoms with van der Waals surface area (Å²) in [7, 11) is 0. The highest BCUT2D eigenvalue weighted by atomic mass is 16.1. The Morgan fingerprint density at radius 1 is 1.46 bits per heavy atom. The number of hydrogen-bond acceptors (Lipinski definition) is 3. The van der Waals surface area contributed by atoms with Crippen molar-refractivity contribution in [3.05, 3.63) is 35.4 Å². The van der Waals surface area contributed by atoms with E-state index in [9.17, 15) is 4.79 Å². The van der Waals surface area contributed by atoms with Gasteiger partial charge in [-0.15, -0.1) is 0 Å². The third-order valence-corrected chi connectivity index (χ3v) is 1.60. The molecule has 0 amide bonds. The summed E-state index contributed by atoms with van der Waals surface area (Å²) in [5.41, 5.74) is 7.05. The van der Waals surface area contributed by atoms with Gasteiger partial charge in [0.1, 0.15) is 12.4 Å². The minimum absolute atomic E-state index is 0.403. The van der Waals surface area contributed by atoms with Crippen LogP contribution >= 0.6 is 0 Å². The van der Waals surface area contributed by atoms with Crippen LogP contribution in [0.4, 0.5) is 5.69 Å². The van der Waals surface area contributed by atoms with Gasteiger partial charge in [-0.25, -0.2) is 0 Å². The molecule has 0 radical (unpaired) electrons. The number of nitrogens with two attached hydrogens (primary N) is 1. The van der Waals surface area contributed by atoms with Crippen molar-refractivity contribution in [2.45, 2.75) is 0 Å². The molecule has 13 heavy (non-hydrogen) atoms. The van der Waals surface area contributed by atoms with Crippen LogP contribution in [0.15, 0.2) is 24.3 Å². The Labute approximate surface area is 76.1 Å². The molecule has 0 aliphatic rings. The van der Waals surface area contributed by atoms with E-state index in [1.54, 1.807) is 24.3 Å². The predicted octanol–water partition coefficient (Wildman–Crippen LogP) is 1.35. The molecule has 1 aromatic rings. The van der Waals surface area contributed by atoms with E-state index in [0.717, 1.165) is 0 Å². The predicted molar refractivity (Wildman–Crippen MR) is 50.7 cm³/mol. The Kier molecular flexibility index (Phi) is 2.82. The molecule has 0 aromatic heterocycles. The molecule has 1 aromatic carbocycles. The molecule has 1 rings (SSSR count). The molecule has 0 saturated carbocycles. The molecule has 0 bridgehead atoms. The normalized spacial score (nSPS) is 9.77. The second kappa shape index (κ2) is 4.07. The molecule has 0 atom stereocenters. The highest BCUT2D eigenvalue weighted by Gasteiger charge is 2.00. The molecule has 64 valence electrons. The highest BCUT2D eigenvalue weighted by Crippen LogP contribution is 2.16. The zero-order chi connectivity index (χ0) is 9.68. The van der Waals surface area contributed by atoms with Gasteiger partial charge in [0.05, 0.1) is 11.3 Å². The number of aldehydes is 1. The maximum Gasteiger partial charge on any atom is 0.142 e. The van der Waals surface area contributed by atoms with E-state index in [0.29, 0.717) is 23.1 Å². The lowest BCUT2D eigenvalue weighted by atomic mass is 10.1. The second-order valence-electron chi connectivity index (χ2n) is 2.42. The minimum Gasteiger partial charge on any atom is -0.398 e. The van der Waals surface area contributed by atoms with Crippen molar-refractivity contribution in [2.75, 3.05) is 5.73 Å². The standard InChI is InChI=1S/C10H8N2O/c11-7-9-8(4-2-6-13)3-1-5-10(9)12/h1-6H,12H2. The van der Waals surface area contributed by atoms with Gasteiger partial charge < -0.3 is 5.73 Å². The minimum atomic E-state index is 0.403. The third kappa shape index (κ3) is 1.94. The summed E-state index contributed by atoms with van der Waals surface area (Å²) in [6.45, 7) is 0. The topological polar surface area (TPSA) is 66.9 Å². The fraction of sp³-hybridized carbons (Fsp3) is 0. The lowest BCUT2D eigenvalue weighted by Gasteiger charge is -1.99. The number of hydrogen-bond donors (Lipinski definition) is 1. The van der Waals surface area contributed by atoms with Crippen molar-refractivity contribution < 1.29 is 4.79 Å². The molecular formula is C10H8N2O. The number of carbonyl (C=O) groups is 1. The summed E-state index contributed by atoms with van der Waals surface area (Å²) in [6, 6.07) is 7.10. The molecule has 0 fully saturated rings. The van der Waals surface area contributed by atoms with Crippen molar-refractivity contribution in [3.8, 4) is 6.07 Å². The van der Waals surface area contributed by atoms with Gasteiger partial charge in [0.2, 0.25) is 0 Å². The van der Waals surface area contributed by atoms with Gasteiger partial charge in [-0.05, 0) is 17.7 Å². The summed E-state index contributed by atoms with van der Waals surface area (Å²) in [5, 5.41) is 8.75. The number of rotatable bonds is 2. The van der Waals surface area contributed by atoms with Crippen molar-refractivity contribution in [3.63, 3.8) is 0 Å². The highest BCUT2D eigenvalue weighted by molar-refractivity contribution is 5.77. The number of anilines is 1. The van der Waals surface area contributed by atoms with E-state index >= 15 is 0 Å². The molecule has 2 N–H and O–H groups in total. The van der Waals surface area contributed by atoms with E-state index in [1.165, 1.54) is 6.08 Å². The zero-order valence-electron chi connectivity index (χ0n) is 6.90. The van der Waals surface area contributed by atoms with Gasteiger partial charge in [0.25, 0.3) is 0 Å². The van der Waals surface area contributed by atoms with Gasteiger partial charge in [0.15, 0.2) is 0 Å². The third-order valence-electron chi connectivity index (χ3n) is 1.60. The summed E-state index contributed by atoms with van der Waals surface area (Å²) in [5.74, 6) is 0. The van der Waals surface area contributed by atoms with E-state index in [4.69, 9.17) is 11.0 Å². The molecule has 0 unspecified atom stereocenters. The largest absolute Gasteiger partial charge is 0.398 e. The second-order valence-corrected chi connectivity index (χ2v) is 2.42. The van der Waals surface area contributed by atoms with E-state index in [1.807, 2.05) is 6.07 Å². The lowest BCUT2D eigenvalue weighted by molar-refractivity contribution is -0.104. The van der Waals surface area contributed by atoms with Crippen LogP contribution in [0.1, 0.15) is 11.1 Å². The zero-order valence-corrected chi connectivity index (χ0v) is 6.90. The molecule has 3 nitrogen and oxygen atoms in total. The first-order chi connectivity index (χ1) is 6.29. The Hall–Kier alpha value is -2.08. The SMILES string of the molecule is N#Cc1c(N)cccc1C=CC=O. The monoisotopic (exact) mass is 172 g/mol. The fourth-order valence-corrected chi connectivity index (χ4v) is 1.000. The quantitative estimate of drug-likeness (QED) is 0.416. The van der Waals surface area contributed by atoms with Gasteiger partial charge >= 0.3 is 0 Å². The fourth-order valence-electron chi connectivity index (χ4n) is 1.000. The van der Waals surface area contributed by atoms with Crippen LogP contribution in [-0.2, 0) is 4.79 Å². The van der Waals surface area contributed by atoms with E-state index < -0.39 is 0 Å². The lowest BCUT2D eigenvalue weighted by Crippen LogP contribution is -1.92. The van der Waals surface area contributed by atoms with Crippen molar-refractivity contribution in [1.82, 2.24) is 0 Å². The molecule has 0 saturated heterocycles. The molecule has 0 aliphatic carbocycles. The van der Waals surface area contributed by atoms with Crippen LogP contribution in [0.5, 0.6) is 0 Å². The van der Waals surface area contributed by atoms with Gasteiger partial charge in [0, 0.05) is 0 Å². The van der Waals surface area contributed by atoms with Crippen LogP contribution in [0, 0.1) is 11.3 Å². The molecule has 3 heteroatoms. The average Bonchev–Trinajstić information content (AvgIpc) is 2.15. The number of nitrogens with zero attached hydrogens (tertiary/aromatic N) is 1. The average molecular weight is 172 g/mol. The van der Waals surface area contributed by atoms with Crippen LogP contribution in [-0.4, -0.2) is 6.29 Å². The first-order valence-electron chi connectivity index (χ1n) is 3.70. The summed E-state index contributed by atoms with van der Waals surface area (Å²) < 4.78 is 0. The number of allylic oxidation sites excluding steroid dienone is 1. The van der Waals surface area contributed by atoms with Crippen molar-refractivity contribution in [2.24, 2.45) is 0 Å². The Balaban J connectivity index is 3.22. The van der Waals surface area contributed by atoms with E-state index in [-0.39, 0.29) is 0 Å². The van der Waals surface area contributed by atoms with Gasteiger partial charge in [-0.2, -0.15) is 5.26 Å². The van der Waals surface area contributed by atoms with Crippen LogP contribution < -0.4 is 5.73 Å². The van der Waals surface area contributed by atoms with E-state index in [2.05, 4.69) is 0 Å². The van der Waals surface area contributed by atoms with Gasteiger partial charge in [-0.3, -0.25) is 4.79 Å². The van der Waals surface area contributed by atoms with Crippen LogP contribution in [0.2, 0.25) is 0 Å². The van der Waals surface area contributed by atoms with Crippen LogP contribution in [0.3, 0.4) is 0 Å². The Bertz CT molecular complexity index is 388. The van der Waals surface area contributed by atoms with Crippen molar-refractivity contribution >= 4 is 18.0 Å². The van der Waals surface area contributed by atoms with Crippen LogP contribution in [0.25, 0.3) is 6.08 Å². The summed E-state index contributed by atoms with van der Waals surface area (Å²) in [6.07, 6.45) is 3.54. The number of benzene rings is 1. The number of carbonyl (C=O) groups excluding carboxylic acids is 1. The molecule has 0 aliphatic heterocycles. The molecular weight excluding hydrogens is 164 g/mol. The number of nitriles is 1. The summed E-state index contributed by atoms with van der Waals surface area (Å²) in [4.78, 5) is 10.1. The first kappa shape index (κ1) is 9.01. The van der Waals surface area contributed by atoms with Gasteiger partial charge in [-0.1, -0.05) is 18.2 Å². The first-order valence-corrected chi connectivity index (χ1v) is 3.70. The van der Waals surface area contributed by atoms with Crippen molar-refractivity contribution in [1.29, 1.82) is 5.26 Å².